The van der Waals surface area contributed by atoms with E-state index in [2.05, 4.69) is 15.5 Å². The van der Waals surface area contributed by atoms with Crippen LogP contribution in [0.25, 0.3) is 10.9 Å². The van der Waals surface area contributed by atoms with Crippen LogP contribution in [0.2, 0.25) is 0 Å². The number of carbonyl (C=O) groups excluding carboxylic acids is 2. The quantitative estimate of drug-likeness (QED) is 0.545. The SMILES string of the molecule is O=Cc1cc2ccccc2nc1N/N=C1/SCC(=O)N1Cc1ccccc1. The number of benzene rings is 2. The van der Waals surface area contributed by atoms with E-state index in [0.717, 1.165) is 22.8 Å². The molecular weight excluding hydrogens is 360 g/mol. The summed E-state index contributed by atoms with van der Waals surface area (Å²) >= 11 is 1.36. The molecule has 0 unspecified atom stereocenters. The van der Waals surface area contributed by atoms with Crippen LogP contribution in [0.1, 0.15) is 15.9 Å². The van der Waals surface area contributed by atoms with E-state index in [-0.39, 0.29) is 5.91 Å². The Balaban J connectivity index is 1.60. The van der Waals surface area contributed by atoms with Crippen molar-refractivity contribution >= 4 is 45.8 Å². The second kappa shape index (κ2) is 7.59. The Labute approximate surface area is 160 Å². The summed E-state index contributed by atoms with van der Waals surface area (Å²) in [5.74, 6) is 0.723. The number of carbonyl (C=O) groups is 2. The van der Waals surface area contributed by atoms with Crippen LogP contribution < -0.4 is 5.43 Å². The Hall–Kier alpha value is -3.19. The highest BCUT2D eigenvalue weighted by atomic mass is 32.2. The second-order valence-corrected chi connectivity index (χ2v) is 6.94. The van der Waals surface area contributed by atoms with Crippen molar-refractivity contribution in [3.05, 3.63) is 71.8 Å². The van der Waals surface area contributed by atoms with Crippen molar-refractivity contribution in [2.75, 3.05) is 11.2 Å². The summed E-state index contributed by atoms with van der Waals surface area (Å²) in [7, 11) is 0. The second-order valence-electron chi connectivity index (χ2n) is 6.00. The maximum atomic E-state index is 12.2. The molecule has 27 heavy (non-hydrogen) atoms. The number of rotatable bonds is 5. The number of pyridine rings is 1. The van der Waals surface area contributed by atoms with E-state index in [1.54, 1.807) is 11.0 Å². The van der Waals surface area contributed by atoms with E-state index >= 15 is 0 Å². The zero-order valence-corrected chi connectivity index (χ0v) is 15.1. The highest BCUT2D eigenvalue weighted by Gasteiger charge is 2.28. The van der Waals surface area contributed by atoms with Gasteiger partial charge in [-0.15, -0.1) is 5.10 Å². The summed E-state index contributed by atoms with van der Waals surface area (Å²) in [5, 5.41) is 5.80. The van der Waals surface area contributed by atoms with Crippen molar-refractivity contribution in [1.29, 1.82) is 0 Å². The fraction of sp³-hybridized carbons (Fsp3) is 0.100. The van der Waals surface area contributed by atoms with Crippen molar-refractivity contribution in [1.82, 2.24) is 9.88 Å². The molecule has 1 amide bonds. The first-order valence-corrected chi connectivity index (χ1v) is 9.39. The molecule has 0 bridgehead atoms. The smallest absolute Gasteiger partial charge is 0.239 e. The molecule has 1 saturated heterocycles. The molecule has 0 spiro atoms. The lowest BCUT2D eigenvalue weighted by Crippen LogP contribution is -2.29. The minimum Gasteiger partial charge on any atom is -0.298 e. The van der Waals surface area contributed by atoms with Gasteiger partial charge in [-0.25, -0.2) is 4.98 Å². The lowest BCUT2D eigenvalue weighted by atomic mass is 10.1. The van der Waals surface area contributed by atoms with Gasteiger partial charge < -0.3 is 0 Å². The molecule has 1 fully saturated rings. The predicted octanol–water partition coefficient (Wildman–Crippen LogP) is 3.51. The van der Waals surface area contributed by atoms with Crippen LogP contribution in [0, 0.1) is 0 Å². The number of hydrazone groups is 1. The van der Waals surface area contributed by atoms with Gasteiger partial charge in [0.15, 0.2) is 17.3 Å². The minimum absolute atomic E-state index is 0.00600. The molecule has 0 atom stereocenters. The van der Waals surface area contributed by atoms with Crippen molar-refractivity contribution in [3.63, 3.8) is 0 Å². The molecule has 0 radical (unpaired) electrons. The van der Waals surface area contributed by atoms with Crippen LogP contribution in [0.5, 0.6) is 0 Å². The number of anilines is 1. The van der Waals surface area contributed by atoms with E-state index in [9.17, 15) is 9.59 Å². The number of aromatic nitrogens is 1. The lowest BCUT2D eigenvalue weighted by molar-refractivity contribution is -0.124. The molecule has 2 heterocycles. The lowest BCUT2D eigenvalue weighted by Gasteiger charge is -2.16. The summed E-state index contributed by atoms with van der Waals surface area (Å²) in [4.78, 5) is 29.8. The van der Waals surface area contributed by atoms with Gasteiger partial charge in [0.25, 0.3) is 0 Å². The van der Waals surface area contributed by atoms with Gasteiger partial charge in [-0.05, 0) is 17.7 Å². The van der Waals surface area contributed by atoms with Gasteiger partial charge in [0.05, 0.1) is 23.4 Å². The number of thioether (sulfide) groups is 1. The largest absolute Gasteiger partial charge is 0.298 e. The molecule has 6 nitrogen and oxygen atoms in total. The number of fused-ring (bicyclic) bond motifs is 1. The molecule has 7 heteroatoms. The molecule has 1 N–H and O–H groups in total. The maximum Gasteiger partial charge on any atom is 0.239 e. The number of hydrogen-bond donors (Lipinski definition) is 1. The Morgan fingerprint density at radius 3 is 2.74 bits per heavy atom. The minimum atomic E-state index is 0.00600. The van der Waals surface area contributed by atoms with Crippen molar-refractivity contribution < 1.29 is 9.59 Å². The average Bonchev–Trinajstić information content (AvgIpc) is 3.06. The number of para-hydroxylation sites is 1. The molecule has 1 aliphatic heterocycles. The Bertz CT molecular complexity index is 1040. The topological polar surface area (TPSA) is 74.7 Å². The fourth-order valence-corrected chi connectivity index (χ4v) is 3.66. The van der Waals surface area contributed by atoms with Gasteiger partial charge in [0, 0.05) is 5.39 Å². The van der Waals surface area contributed by atoms with Crippen LogP contribution in [0.3, 0.4) is 0 Å². The van der Waals surface area contributed by atoms with Gasteiger partial charge in [-0.3, -0.25) is 19.9 Å². The molecule has 0 saturated carbocycles. The number of amidine groups is 1. The Morgan fingerprint density at radius 2 is 1.93 bits per heavy atom. The highest BCUT2D eigenvalue weighted by Crippen LogP contribution is 2.23. The molecule has 1 aromatic heterocycles. The summed E-state index contributed by atoms with van der Waals surface area (Å²) in [6, 6.07) is 19.1. The van der Waals surface area contributed by atoms with E-state index < -0.39 is 0 Å². The third-order valence-electron chi connectivity index (χ3n) is 4.18. The first kappa shape index (κ1) is 17.2. The van der Waals surface area contributed by atoms with E-state index in [1.807, 2.05) is 54.6 Å². The van der Waals surface area contributed by atoms with Crippen LogP contribution in [0.15, 0.2) is 65.8 Å². The summed E-state index contributed by atoms with van der Waals surface area (Å²) in [5.41, 5.74) is 5.08. The van der Waals surface area contributed by atoms with Crippen LogP contribution in [-0.2, 0) is 11.3 Å². The van der Waals surface area contributed by atoms with Crippen LogP contribution in [0.4, 0.5) is 5.82 Å². The number of nitrogens with zero attached hydrogens (tertiary/aromatic N) is 3. The third-order valence-corrected chi connectivity index (χ3v) is 5.14. The van der Waals surface area contributed by atoms with Crippen molar-refractivity contribution in [2.24, 2.45) is 5.10 Å². The van der Waals surface area contributed by atoms with Crippen molar-refractivity contribution in [3.8, 4) is 0 Å². The molecule has 0 aliphatic carbocycles. The highest BCUT2D eigenvalue weighted by molar-refractivity contribution is 8.15. The first-order chi connectivity index (χ1) is 13.2. The molecule has 3 aromatic rings. The molecule has 1 aliphatic rings. The molecule has 134 valence electrons. The normalized spacial score (nSPS) is 15.5. The summed E-state index contributed by atoms with van der Waals surface area (Å²) < 4.78 is 0. The van der Waals surface area contributed by atoms with Gasteiger partial charge in [-0.2, -0.15) is 0 Å². The standard InChI is InChI=1S/C20H16N4O2S/c25-12-16-10-15-8-4-5-9-17(15)21-19(16)22-23-20-24(18(26)13-27-20)11-14-6-2-1-3-7-14/h1-10,12H,11,13H2,(H,21,22)/b23-20+. The van der Waals surface area contributed by atoms with E-state index in [4.69, 9.17) is 0 Å². The molecule has 2 aromatic carbocycles. The van der Waals surface area contributed by atoms with Gasteiger partial charge in [0.2, 0.25) is 5.91 Å². The number of hydrogen-bond acceptors (Lipinski definition) is 6. The van der Waals surface area contributed by atoms with Crippen LogP contribution >= 0.6 is 11.8 Å². The average molecular weight is 376 g/mol. The number of nitrogens with one attached hydrogen (secondary N) is 1. The predicted molar refractivity (Wildman–Crippen MR) is 108 cm³/mol. The maximum absolute atomic E-state index is 12.2. The molecule has 4 rings (SSSR count). The van der Waals surface area contributed by atoms with Gasteiger partial charge in [0.1, 0.15) is 0 Å². The van der Waals surface area contributed by atoms with Gasteiger partial charge in [-0.1, -0.05) is 60.3 Å². The summed E-state index contributed by atoms with van der Waals surface area (Å²) in [6.07, 6.45) is 0.747. The third kappa shape index (κ3) is 3.68. The number of amides is 1. The van der Waals surface area contributed by atoms with Gasteiger partial charge >= 0.3 is 0 Å². The van der Waals surface area contributed by atoms with E-state index in [0.29, 0.717) is 28.8 Å². The fourth-order valence-electron chi connectivity index (χ4n) is 2.82. The van der Waals surface area contributed by atoms with E-state index in [1.165, 1.54) is 11.8 Å². The Kier molecular flexibility index (Phi) is 4.84. The number of aldehydes is 1. The Morgan fingerprint density at radius 1 is 1.15 bits per heavy atom. The van der Waals surface area contributed by atoms with Crippen molar-refractivity contribution in [2.45, 2.75) is 6.54 Å². The zero-order valence-electron chi connectivity index (χ0n) is 14.3. The van der Waals surface area contributed by atoms with Crippen LogP contribution in [-0.4, -0.2) is 33.0 Å². The first-order valence-electron chi connectivity index (χ1n) is 8.40. The summed E-state index contributed by atoms with van der Waals surface area (Å²) in [6.45, 7) is 0.457. The molecular formula is C20H16N4O2S. The zero-order chi connectivity index (χ0) is 18.6. The monoisotopic (exact) mass is 376 g/mol.